The summed E-state index contributed by atoms with van der Waals surface area (Å²) in [5.41, 5.74) is 7.06. The first-order valence-corrected chi connectivity index (χ1v) is 10.4. The van der Waals surface area contributed by atoms with Crippen molar-refractivity contribution in [2.75, 3.05) is 0 Å². The molecular weight excluding hydrogens is 235 g/mol. The molecule has 0 saturated carbocycles. The van der Waals surface area contributed by atoms with E-state index in [2.05, 4.69) is 30.3 Å². The second-order valence-corrected chi connectivity index (χ2v) is 9.00. The first-order chi connectivity index (χ1) is 3.73. The van der Waals surface area contributed by atoms with Crippen LogP contribution >= 0.6 is 0 Å². The van der Waals surface area contributed by atoms with Crippen molar-refractivity contribution in [1.82, 2.24) is 0 Å². The SMILES string of the molecule is O.[CH2-]C.[CH2-]C.[CH3][Ga]([CH3])[CH3].[Zn+2]. The first kappa shape index (κ1) is 30.3. The maximum absolute atomic E-state index is 3.25. The molecule has 0 atom stereocenters. The molecular formula is C7H21GaOZn. The molecule has 0 bridgehead atoms. The molecule has 0 saturated heterocycles. The van der Waals surface area contributed by atoms with Gasteiger partial charge in [0, 0.05) is 0 Å². The van der Waals surface area contributed by atoms with Crippen LogP contribution < -0.4 is 0 Å². The van der Waals surface area contributed by atoms with Gasteiger partial charge in [-0.3, -0.25) is 0 Å². The zero-order chi connectivity index (χ0) is 7.58. The molecule has 3 heteroatoms. The zero-order valence-corrected chi connectivity index (χ0v) is 13.6. The van der Waals surface area contributed by atoms with Gasteiger partial charge in [-0.2, -0.15) is 13.8 Å². The van der Waals surface area contributed by atoms with Crippen molar-refractivity contribution in [3.05, 3.63) is 13.8 Å². The van der Waals surface area contributed by atoms with E-state index in [1.807, 2.05) is 0 Å². The molecule has 0 aromatic rings. The molecule has 2 N–H and O–H groups in total. The van der Waals surface area contributed by atoms with Gasteiger partial charge in [0.25, 0.3) is 0 Å². The maximum atomic E-state index is 3.25. The summed E-state index contributed by atoms with van der Waals surface area (Å²) in [7, 11) is 0. The molecule has 0 radical (unpaired) electrons. The van der Waals surface area contributed by atoms with Gasteiger partial charge in [-0.15, -0.1) is 0 Å². The summed E-state index contributed by atoms with van der Waals surface area (Å²) in [5.74, 6) is 0. The van der Waals surface area contributed by atoms with Gasteiger partial charge < -0.3 is 19.3 Å². The fraction of sp³-hybridized carbons (Fsp3) is 0.714. The molecule has 0 aromatic heterocycles. The Hall–Kier alpha value is 1.22. The predicted molar refractivity (Wildman–Crippen MR) is 49.0 cm³/mol. The van der Waals surface area contributed by atoms with Gasteiger partial charge in [-0.05, 0) is 0 Å². The second-order valence-electron chi connectivity index (χ2n) is 1.73. The van der Waals surface area contributed by atoms with Crippen LogP contribution in [0.1, 0.15) is 13.8 Å². The Labute approximate surface area is 85.1 Å². The van der Waals surface area contributed by atoms with Crippen molar-refractivity contribution in [3.63, 3.8) is 0 Å². The van der Waals surface area contributed by atoms with Crippen LogP contribution in [-0.2, 0) is 19.5 Å². The monoisotopic (exact) mass is 254 g/mol. The quantitative estimate of drug-likeness (QED) is 0.470. The van der Waals surface area contributed by atoms with E-state index in [1.165, 1.54) is 0 Å². The van der Waals surface area contributed by atoms with Crippen LogP contribution in [0, 0.1) is 13.8 Å². The average molecular weight is 256 g/mol. The fourth-order valence-corrected chi connectivity index (χ4v) is 0. The summed E-state index contributed by atoms with van der Waals surface area (Å²) >= 11 is -0.479. The molecule has 0 fully saturated rings. The van der Waals surface area contributed by atoms with Crippen molar-refractivity contribution in [3.8, 4) is 0 Å². The Kier molecular flexibility index (Phi) is 148. The Morgan fingerprint density at radius 1 is 0.800 bits per heavy atom. The maximum Gasteiger partial charge on any atom is 2.00 e. The molecule has 10 heavy (non-hydrogen) atoms. The van der Waals surface area contributed by atoms with Crippen molar-refractivity contribution < 1.29 is 25.0 Å². The van der Waals surface area contributed by atoms with Crippen molar-refractivity contribution in [1.29, 1.82) is 0 Å². The van der Waals surface area contributed by atoms with Crippen LogP contribution in [0.3, 0.4) is 0 Å². The topological polar surface area (TPSA) is 31.5 Å². The zero-order valence-electron chi connectivity index (χ0n) is 8.20. The van der Waals surface area contributed by atoms with Crippen molar-refractivity contribution in [2.45, 2.75) is 30.3 Å². The van der Waals surface area contributed by atoms with Gasteiger partial charge in [-0.25, -0.2) is 0 Å². The van der Waals surface area contributed by atoms with Crippen molar-refractivity contribution in [2.24, 2.45) is 0 Å². The fourth-order valence-electron chi connectivity index (χ4n) is 0. The van der Waals surface area contributed by atoms with E-state index >= 15 is 0 Å². The predicted octanol–water partition coefficient (Wildman–Crippen LogP) is 2.22. The van der Waals surface area contributed by atoms with E-state index in [0.717, 1.165) is 0 Å². The third-order valence-electron chi connectivity index (χ3n) is 0. The smallest absolute Gasteiger partial charge is 2.00 e. The molecule has 0 aromatic carbocycles. The van der Waals surface area contributed by atoms with Crippen LogP contribution in [0.5, 0.6) is 0 Å². The number of hydrogen-bond donors (Lipinski definition) is 0. The molecule has 0 aliphatic carbocycles. The average Bonchev–Trinajstić information content (AvgIpc) is 1.75. The molecule has 0 heterocycles. The summed E-state index contributed by atoms with van der Waals surface area (Å²) in [6.07, 6.45) is 0. The molecule has 0 spiro atoms. The van der Waals surface area contributed by atoms with E-state index in [-0.39, 0.29) is 25.0 Å². The summed E-state index contributed by atoms with van der Waals surface area (Å²) in [5, 5.41) is 0. The third-order valence-corrected chi connectivity index (χ3v) is 0. The molecule has 60 valence electrons. The molecule has 0 aliphatic rings. The normalized spacial score (nSPS) is 3.90. The number of rotatable bonds is 0. The van der Waals surface area contributed by atoms with Gasteiger partial charge in [0.15, 0.2) is 0 Å². The first-order valence-electron chi connectivity index (χ1n) is 3.15. The molecule has 0 amide bonds. The Morgan fingerprint density at radius 3 is 0.800 bits per heavy atom. The number of hydrogen-bond acceptors (Lipinski definition) is 0. The molecule has 1 nitrogen and oxygen atoms in total. The largest absolute Gasteiger partial charge is 2.00 e. The van der Waals surface area contributed by atoms with E-state index in [0.29, 0.717) is 0 Å². The van der Waals surface area contributed by atoms with E-state index in [4.69, 9.17) is 0 Å². The van der Waals surface area contributed by atoms with Crippen LogP contribution in [0.4, 0.5) is 0 Å². The Morgan fingerprint density at radius 2 is 0.800 bits per heavy atom. The molecule has 0 aliphatic heterocycles. The second kappa shape index (κ2) is 48.8. The Balaban J connectivity index is -0.0000000125. The summed E-state index contributed by atoms with van der Waals surface area (Å²) < 4.78 is 0. The minimum absolute atomic E-state index is 0. The standard InChI is InChI=1S/2C2H5.3CH3.Ga.H2O.Zn/c2*1-2;;;;;;/h2*1H2,2H3;3*1H3;;1H2;/q2*-1;;;;;;+2. The molecule has 0 unspecified atom stereocenters. The van der Waals surface area contributed by atoms with Gasteiger partial charge in [0.05, 0.1) is 0 Å². The minimum atomic E-state index is -0.479. The van der Waals surface area contributed by atoms with Crippen LogP contribution in [0.15, 0.2) is 0 Å². The third kappa shape index (κ3) is 419. The van der Waals surface area contributed by atoms with Gasteiger partial charge >= 0.3 is 52.1 Å². The Bertz CT molecular complexity index is 18.3. The van der Waals surface area contributed by atoms with Crippen LogP contribution in [0.25, 0.3) is 0 Å². The van der Waals surface area contributed by atoms with E-state index < -0.39 is 16.2 Å². The summed E-state index contributed by atoms with van der Waals surface area (Å²) in [6, 6.07) is 0. The van der Waals surface area contributed by atoms with E-state index in [9.17, 15) is 0 Å². The van der Waals surface area contributed by atoms with Gasteiger partial charge in [0.1, 0.15) is 0 Å². The summed E-state index contributed by atoms with van der Waals surface area (Å²) in [6.45, 7) is 10.0. The van der Waals surface area contributed by atoms with Crippen LogP contribution in [0.2, 0.25) is 16.4 Å². The minimum Gasteiger partial charge on any atom is 2.00 e. The summed E-state index contributed by atoms with van der Waals surface area (Å²) in [4.78, 5) is 0. The van der Waals surface area contributed by atoms with Crippen molar-refractivity contribution >= 4 is 16.2 Å². The van der Waals surface area contributed by atoms with E-state index in [1.54, 1.807) is 13.8 Å². The van der Waals surface area contributed by atoms with Crippen LogP contribution in [-0.4, -0.2) is 21.7 Å². The van der Waals surface area contributed by atoms with Gasteiger partial charge in [0.2, 0.25) is 0 Å². The van der Waals surface area contributed by atoms with Gasteiger partial charge in [-0.1, -0.05) is 0 Å². The molecule has 0 rings (SSSR count).